The van der Waals surface area contributed by atoms with E-state index in [0.29, 0.717) is 37.1 Å². The van der Waals surface area contributed by atoms with Crippen molar-refractivity contribution >= 4 is 38.8 Å². The number of hydrogen-bond acceptors (Lipinski definition) is 5. The molecular formula is C21H24N4O3S2. The van der Waals surface area contributed by atoms with Crippen LogP contribution in [0, 0.1) is 0 Å². The summed E-state index contributed by atoms with van der Waals surface area (Å²) in [5.74, 6) is 0. The highest BCUT2D eigenvalue weighted by atomic mass is 32.2. The number of ether oxygens (including phenoxy) is 1. The summed E-state index contributed by atoms with van der Waals surface area (Å²) in [6.45, 7) is 1.59. The lowest BCUT2D eigenvalue weighted by Gasteiger charge is -2.26. The highest BCUT2D eigenvalue weighted by Crippen LogP contribution is 2.21. The molecule has 9 heteroatoms. The number of hydrazone groups is 1. The van der Waals surface area contributed by atoms with Crippen molar-refractivity contribution in [1.29, 1.82) is 0 Å². The van der Waals surface area contributed by atoms with Gasteiger partial charge in [0.05, 0.1) is 23.8 Å². The van der Waals surface area contributed by atoms with E-state index >= 15 is 0 Å². The number of aryl methyl sites for hydroxylation is 1. The maximum Gasteiger partial charge on any atom is 0.243 e. The third-order valence-corrected chi connectivity index (χ3v) is 7.31. The summed E-state index contributed by atoms with van der Waals surface area (Å²) in [5.41, 5.74) is 7.06. The molecule has 2 N–H and O–H groups in total. The number of thiocarbonyl (C=S) groups is 1. The molecule has 2 aliphatic rings. The molecule has 0 unspecified atom stereocenters. The van der Waals surface area contributed by atoms with Crippen LogP contribution in [0.25, 0.3) is 0 Å². The molecule has 1 aliphatic heterocycles. The van der Waals surface area contributed by atoms with E-state index in [4.69, 9.17) is 17.0 Å². The van der Waals surface area contributed by atoms with Crippen LogP contribution in [0.1, 0.15) is 24.0 Å². The molecule has 0 radical (unpaired) electrons. The van der Waals surface area contributed by atoms with E-state index in [-0.39, 0.29) is 4.90 Å². The highest BCUT2D eigenvalue weighted by molar-refractivity contribution is 7.89. The van der Waals surface area contributed by atoms with Crippen molar-refractivity contribution in [1.82, 2.24) is 9.73 Å². The molecule has 0 spiro atoms. The highest BCUT2D eigenvalue weighted by Gasteiger charge is 2.26. The van der Waals surface area contributed by atoms with Crippen LogP contribution in [-0.4, -0.2) is 49.9 Å². The third kappa shape index (κ3) is 4.70. The van der Waals surface area contributed by atoms with Gasteiger partial charge in [0.1, 0.15) is 0 Å². The first-order valence-corrected chi connectivity index (χ1v) is 11.8. The number of benzene rings is 2. The van der Waals surface area contributed by atoms with Gasteiger partial charge in [-0.25, -0.2) is 8.42 Å². The third-order valence-electron chi connectivity index (χ3n) is 5.20. The molecule has 1 heterocycles. The number of nitrogens with zero attached hydrogens (tertiary/aromatic N) is 2. The standard InChI is InChI=1S/C21H24N4O3S2/c26-30(27,25-12-14-28-15-13-25)18-10-8-17(9-11-18)22-21(29)24-23-20-7-3-5-16-4-1-2-6-19(16)20/h1-2,4,6,8-11H,3,5,7,12-15H2,(H2,22,24,29)/b23-20-. The van der Waals surface area contributed by atoms with Gasteiger partial charge >= 0.3 is 0 Å². The second-order valence-corrected chi connectivity index (χ2v) is 9.52. The minimum atomic E-state index is -3.51. The van der Waals surface area contributed by atoms with Crippen molar-refractivity contribution in [2.45, 2.75) is 24.2 Å². The molecule has 0 amide bonds. The van der Waals surface area contributed by atoms with Gasteiger partial charge in [0.25, 0.3) is 0 Å². The zero-order valence-electron chi connectivity index (χ0n) is 16.5. The predicted octanol–water partition coefficient (Wildman–Crippen LogP) is 2.73. The minimum Gasteiger partial charge on any atom is -0.379 e. The van der Waals surface area contributed by atoms with Gasteiger partial charge in [0, 0.05) is 24.3 Å². The van der Waals surface area contributed by atoms with Crippen molar-refractivity contribution in [2.24, 2.45) is 5.10 Å². The molecule has 30 heavy (non-hydrogen) atoms. The predicted molar refractivity (Wildman–Crippen MR) is 121 cm³/mol. The van der Waals surface area contributed by atoms with Crippen molar-refractivity contribution in [3.8, 4) is 0 Å². The first-order valence-electron chi connectivity index (χ1n) is 9.94. The fraction of sp³-hybridized carbons (Fsp3) is 0.333. The SMILES string of the molecule is O=S(=O)(c1ccc(NC(=S)N/N=C2/CCCc3ccccc32)cc1)N1CCOCC1. The molecule has 4 rings (SSSR count). The van der Waals surface area contributed by atoms with Crippen molar-refractivity contribution < 1.29 is 13.2 Å². The molecule has 158 valence electrons. The fourth-order valence-electron chi connectivity index (χ4n) is 3.64. The molecule has 1 fully saturated rings. The van der Waals surface area contributed by atoms with Crippen LogP contribution in [0.15, 0.2) is 58.5 Å². The van der Waals surface area contributed by atoms with Crippen LogP contribution < -0.4 is 10.7 Å². The van der Waals surface area contributed by atoms with E-state index in [0.717, 1.165) is 30.5 Å². The van der Waals surface area contributed by atoms with Gasteiger partial charge < -0.3 is 10.1 Å². The Balaban J connectivity index is 1.39. The molecular weight excluding hydrogens is 420 g/mol. The van der Waals surface area contributed by atoms with E-state index in [1.54, 1.807) is 24.3 Å². The summed E-state index contributed by atoms with van der Waals surface area (Å²) in [4.78, 5) is 0.257. The average molecular weight is 445 g/mol. The first kappa shape index (κ1) is 20.9. The average Bonchev–Trinajstić information content (AvgIpc) is 2.78. The molecule has 0 saturated carbocycles. The van der Waals surface area contributed by atoms with Crippen molar-refractivity contribution in [3.63, 3.8) is 0 Å². The summed E-state index contributed by atoms with van der Waals surface area (Å²) in [6, 6.07) is 14.8. The van der Waals surface area contributed by atoms with Gasteiger partial charge in [0.2, 0.25) is 10.0 Å². The zero-order chi connectivity index (χ0) is 21.0. The topological polar surface area (TPSA) is 83.0 Å². The molecule has 0 aromatic heterocycles. The van der Waals surface area contributed by atoms with Crippen LogP contribution in [0.4, 0.5) is 5.69 Å². The summed E-state index contributed by atoms with van der Waals surface area (Å²) < 4.78 is 32.1. The van der Waals surface area contributed by atoms with Crippen LogP contribution >= 0.6 is 12.2 Å². The summed E-state index contributed by atoms with van der Waals surface area (Å²) in [6.07, 6.45) is 3.04. The summed E-state index contributed by atoms with van der Waals surface area (Å²) >= 11 is 5.34. The normalized spacial score (nSPS) is 18.6. The maximum absolute atomic E-state index is 12.7. The van der Waals surface area contributed by atoms with Gasteiger partial charge in [-0.15, -0.1) is 0 Å². The second kappa shape index (κ2) is 9.22. The van der Waals surface area contributed by atoms with E-state index < -0.39 is 10.0 Å². The number of morpholine rings is 1. The summed E-state index contributed by atoms with van der Waals surface area (Å²) in [5, 5.41) is 7.89. The Hall–Kier alpha value is -2.33. The number of sulfonamides is 1. The number of anilines is 1. The number of rotatable bonds is 4. The van der Waals surface area contributed by atoms with Crippen LogP contribution in [-0.2, 0) is 21.2 Å². The smallest absolute Gasteiger partial charge is 0.243 e. The Morgan fingerprint density at radius 3 is 2.53 bits per heavy atom. The monoisotopic (exact) mass is 444 g/mol. The molecule has 1 saturated heterocycles. The largest absolute Gasteiger partial charge is 0.379 e. The Kier molecular flexibility index (Phi) is 6.43. The van der Waals surface area contributed by atoms with Gasteiger partial charge in [-0.2, -0.15) is 9.41 Å². The van der Waals surface area contributed by atoms with Crippen LogP contribution in [0.5, 0.6) is 0 Å². The van der Waals surface area contributed by atoms with E-state index in [1.165, 1.54) is 9.87 Å². The lowest BCUT2D eigenvalue weighted by molar-refractivity contribution is 0.0730. The molecule has 2 aromatic rings. The first-order chi connectivity index (χ1) is 14.5. The molecule has 0 bridgehead atoms. The van der Waals surface area contributed by atoms with E-state index in [9.17, 15) is 8.42 Å². The molecule has 0 atom stereocenters. The number of hydrogen-bond donors (Lipinski definition) is 2. The molecule has 1 aliphatic carbocycles. The van der Waals surface area contributed by atoms with Crippen LogP contribution in [0.2, 0.25) is 0 Å². The molecule has 7 nitrogen and oxygen atoms in total. The number of nitrogens with one attached hydrogen (secondary N) is 2. The van der Waals surface area contributed by atoms with Crippen molar-refractivity contribution in [3.05, 3.63) is 59.7 Å². The lowest BCUT2D eigenvalue weighted by Crippen LogP contribution is -2.40. The van der Waals surface area contributed by atoms with Crippen LogP contribution in [0.3, 0.4) is 0 Å². The minimum absolute atomic E-state index is 0.257. The maximum atomic E-state index is 12.7. The zero-order valence-corrected chi connectivity index (χ0v) is 18.1. The molecule has 2 aromatic carbocycles. The Morgan fingerprint density at radius 1 is 1.03 bits per heavy atom. The Labute approximate surface area is 182 Å². The fourth-order valence-corrected chi connectivity index (χ4v) is 5.21. The van der Waals surface area contributed by atoms with Gasteiger partial charge in [-0.05, 0) is 61.3 Å². The lowest BCUT2D eigenvalue weighted by atomic mass is 9.90. The summed E-state index contributed by atoms with van der Waals surface area (Å²) in [7, 11) is -3.51. The number of fused-ring (bicyclic) bond motifs is 1. The van der Waals surface area contributed by atoms with Gasteiger partial charge in [-0.1, -0.05) is 24.3 Å². The Bertz CT molecular complexity index is 1050. The Morgan fingerprint density at radius 2 is 1.77 bits per heavy atom. The van der Waals surface area contributed by atoms with Gasteiger partial charge in [-0.3, -0.25) is 5.43 Å². The quantitative estimate of drug-likeness (QED) is 0.557. The van der Waals surface area contributed by atoms with Crippen molar-refractivity contribution in [2.75, 3.05) is 31.6 Å². The van der Waals surface area contributed by atoms with Gasteiger partial charge in [0.15, 0.2) is 5.11 Å². The van der Waals surface area contributed by atoms with E-state index in [2.05, 4.69) is 28.0 Å². The van der Waals surface area contributed by atoms with E-state index in [1.807, 2.05) is 12.1 Å². The second-order valence-electron chi connectivity index (χ2n) is 7.18.